The van der Waals surface area contributed by atoms with Gasteiger partial charge in [0.05, 0.1) is 5.41 Å². The van der Waals surface area contributed by atoms with Crippen LogP contribution in [0.5, 0.6) is 0 Å². The molecule has 1 rings (SSSR count). The molecule has 0 aliphatic carbocycles. The third kappa shape index (κ3) is 2.80. The van der Waals surface area contributed by atoms with Crippen LogP contribution in [0.15, 0.2) is 0 Å². The van der Waals surface area contributed by atoms with E-state index < -0.39 is 16.9 Å². The van der Waals surface area contributed by atoms with Crippen LogP contribution in [0, 0.1) is 11.3 Å². The Morgan fingerprint density at radius 1 is 1.42 bits per heavy atom. The fourth-order valence-corrected chi connectivity index (χ4v) is 2.43. The van der Waals surface area contributed by atoms with Crippen LogP contribution in [0.25, 0.3) is 0 Å². The summed E-state index contributed by atoms with van der Waals surface area (Å²) < 4.78 is 0. The van der Waals surface area contributed by atoms with Gasteiger partial charge in [-0.2, -0.15) is 0 Å². The SMILES string of the molecule is CC(C)C1(C)CC(=O)N(C(C)(C)CCC(=O)O)C1=O. The van der Waals surface area contributed by atoms with Crippen molar-refractivity contribution >= 4 is 17.8 Å². The van der Waals surface area contributed by atoms with Gasteiger partial charge in [-0.25, -0.2) is 0 Å². The average molecular weight is 269 g/mol. The summed E-state index contributed by atoms with van der Waals surface area (Å²) in [4.78, 5) is 36.6. The van der Waals surface area contributed by atoms with Gasteiger partial charge in [0.25, 0.3) is 0 Å². The first kappa shape index (κ1) is 15.7. The van der Waals surface area contributed by atoms with Crippen LogP contribution in [-0.2, 0) is 14.4 Å². The van der Waals surface area contributed by atoms with Gasteiger partial charge in [0.1, 0.15) is 0 Å². The highest BCUT2D eigenvalue weighted by Crippen LogP contribution is 2.42. The van der Waals surface area contributed by atoms with Crippen LogP contribution in [0.2, 0.25) is 0 Å². The van der Waals surface area contributed by atoms with Crippen LogP contribution in [0.1, 0.15) is 53.9 Å². The van der Waals surface area contributed by atoms with E-state index in [0.717, 1.165) is 0 Å². The Morgan fingerprint density at radius 2 is 1.95 bits per heavy atom. The maximum absolute atomic E-state index is 12.5. The van der Waals surface area contributed by atoms with Crippen molar-refractivity contribution in [1.82, 2.24) is 4.90 Å². The predicted molar refractivity (Wildman–Crippen MR) is 70.4 cm³/mol. The Kier molecular flexibility index (Phi) is 4.08. The molecular formula is C14H23NO4. The van der Waals surface area contributed by atoms with E-state index in [1.54, 1.807) is 13.8 Å². The normalized spacial score (nSPS) is 24.4. The number of aliphatic carboxylic acids is 1. The monoisotopic (exact) mass is 269 g/mol. The minimum absolute atomic E-state index is 0.0531. The number of carboxylic acid groups (broad SMARTS) is 1. The molecule has 5 nitrogen and oxygen atoms in total. The number of carbonyl (C=O) groups is 3. The molecule has 19 heavy (non-hydrogen) atoms. The molecule has 1 heterocycles. The molecule has 0 radical (unpaired) electrons. The summed E-state index contributed by atoms with van der Waals surface area (Å²) in [5, 5.41) is 8.75. The molecule has 1 atom stereocenters. The standard InChI is InChI=1S/C14H23NO4/c1-9(2)14(5)8-10(16)15(12(14)19)13(3,4)7-6-11(17)18/h9H,6-8H2,1-5H3,(H,17,18). The second-order valence-electron chi connectivity index (χ2n) is 6.49. The van der Waals surface area contributed by atoms with Gasteiger partial charge in [0, 0.05) is 18.4 Å². The van der Waals surface area contributed by atoms with Crippen molar-refractivity contribution in [2.24, 2.45) is 11.3 Å². The zero-order valence-corrected chi connectivity index (χ0v) is 12.3. The Labute approximate surface area is 114 Å². The highest BCUT2D eigenvalue weighted by Gasteiger charge is 2.53. The second-order valence-corrected chi connectivity index (χ2v) is 6.49. The average Bonchev–Trinajstić information content (AvgIpc) is 2.48. The van der Waals surface area contributed by atoms with Gasteiger partial charge in [-0.15, -0.1) is 0 Å². The topological polar surface area (TPSA) is 74.7 Å². The highest BCUT2D eigenvalue weighted by molar-refractivity contribution is 6.06. The maximum Gasteiger partial charge on any atom is 0.303 e. The summed E-state index contributed by atoms with van der Waals surface area (Å²) in [5.41, 5.74) is -1.42. The first-order valence-electron chi connectivity index (χ1n) is 6.61. The number of rotatable bonds is 5. The zero-order valence-electron chi connectivity index (χ0n) is 12.3. The smallest absolute Gasteiger partial charge is 0.303 e. The largest absolute Gasteiger partial charge is 0.481 e. The lowest BCUT2D eigenvalue weighted by molar-refractivity contribution is -0.150. The van der Waals surface area contributed by atoms with Gasteiger partial charge in [-0.3, -0.25) is 19.3 Å². The Bertz CT molecular complexity index is 414. The summed E-state index contributed by atoms with van der Waals surface area (Å²) >= 11 is 0. The molecule has 0 aromatic carbocycles. The molecule has 1 aliphatic rings. The van der Waals surface area contributed by atoms with E-state index in [4.69, 9.17) is 5.11 Å². The number of amides is 2. The number of imide groups is 1. The lowest BCUT2D eigenvalue weighted by atomic mass is 9.77. The Balaban J connectivity index is 2.98. The van der Waals surface area contributed by atoms with Gasteiger partial charge in [-0.1, -0.05) is 13.8 Å². The van der Waals surface area contributed by atoms with E-state index in [0.29, 0.717) is 0 Å². The van der Waals surface area contributed by atoms with Crippen LogP contribution in [0.4, 0.5) is 0 Å². The molecule has 1 N–H and O–H groups in total. The maximum atomic E-state index is 12.5. The fraction of sp³-hybridized carbons (Fsp3) is 0.786. The molecule has 1 aliphatic heterocycles. The van der Waals surface area contributed by atoms with Gasteiger partial charge in [0.2, 0.25) is 11.8 Å². The summed E-state index contributed by atoms with van der Waals surface area (Å²) in [6.45, 7) is 9.17. The molecule has 1 saturated heterocycles. The molecule has 0 saturated carbocycles. The molecule has 0 spiro atoms. The lowest BCUT2D eigenvalue weighted by Gasteiger charge is -2.36. The predicted octanol–water partition coefficient (Wildman–Crippen LogP) is 2.05. The molecular weight excluding hydrogens is 246 g/mol. The third-order valence-electron chi connectivity index (χ3n) is 4.29. The Morgan fingerprint density at radius 3 is 2.32 bits per heavy atom. The summed E-state index contributed by atoms with van der Waals surface area (Å²) in [6, 6.07) is 0. The van der Waals surface area contributed by atoms with Crippen LogP contribution in [-0.4, -0.2) is 33.3 Å². The molecule has 1 unspecified atom stereocenters. The number of likely N-dealkylation sites (tertiary alicyclic amines) is 1. The molecule has 0 bridgehead atoms. The quantitative estimate of drug-likeness (QED) is 0.775. The molecule has 0 aromatic heterocycles. The van der Waals surface area contributed by atoms with E-state index >= 15 is 0 Å². The highest BCUT2D eigenvalue weighted by atomic mass is 16.4. The second kappa shape index (κ2) is 4.94. The van der Waals surface area contributed by atoms with Crippen molar-refractivity contribution in [2.45, 2.75) is 59.4 Å². The van der Waals surface area contributed by atoms with Crippen molar-refractivity contribution < 1.29 is 19.5 Å². The van der Waals surface area contributed by atoms with Crippen molar-refractivity contribution in [2.75, 3.05) is 0 Å². The number of hydrogen-bond acceptors (Lipinski definition) is 3. The first-order chi connectivity index (χ1) is 8.52. The fourth-order valence-electron chi connectivity index (χ4n) is 2.43. The minimum atomic E-state index is -0.918. The Hall–Kier alpha value is -1.39. The summed E-state index contributed by atoms with van der Waals surface area (Å²) in [7, 11) is 0. The van der Waals surface area contributed by atoms with Gasteiger partial charge in [0.15, 0.2) is 0 Å². The number of hydrogen-bond donors (Lipinski definition) is 1. The van der Waals surface area contributed by atoms with Crippen LogP contribution >= 0.6 is 0 Å². The molecule has 2 amide bonds. The van der Waals surface area contributed by atoms with Gasteiger partial charge < -0.3 is 5.11 Å². The van der Waals surface area contributed by atoms with Gasteiger partial charge >= 0.3 is 5.97 Å². The third-order valence-corrected chi connectivity index (χ3v) is 4.29. The van der Waals surface area contributed by atoms with Crippen LogP contribution in [0.3, 0.4) is 0 Å². The zero-order chi connectivity index (χ0) is 15.0. The van der Waals surface area contributed by atoms with E-state index in [1.807, 2.05) is 20.8 Å². The molecule has 0 aromatic rings. The van der Waals surface area contributed by atoms with Crippen LogP contribution < -0.4 is 0 Å². The first-order valence-corrected chi connectivity index (χ1v) is 6.61. The lowest BCUT2D eigenvalue weighted by Crippen LogP contribution is -2.49. The van der Waals surface area contributed by atoms with Crippen molar-refractivity contribution in [3.05, 3.63) is 0 Å². The van der Waals surface area contributed by atoms with E-state index in [9.17, 15) is 14.4 Å². The molecule has 108 valence electrons. The van der Waals surface area contributed by atoms with Gasteiger partial charge in [-0.05, 0) is 33.1 Å². The van der Waals surface area contributed by atoms with Crippen molar-refractivity contribution in [3.63, 3.8) is 0 Å². The van der Waals surface area contributed by atoms with Crippen molar-refractivity contribution in [3.8, 4) is 0 Å². The number of carbonyl (C=O) groups excluding carboxylic acids is 2. The van der Waals surface area contributed by atoms with E-state index in [1.165, 1.54) is 4.90 Å². The van der Waals surface area contributed by atoms with E-state index in [2.05, 4.69) is 0 Å². The summed E-state index contributed by atoms with van der Waals surface area (Å²) in [5.74, 6) is -1.22. The van der Waals surface area contributed by atoms with E-state index in [-0.39, 0.29) is 37.0 Å². The molecule has 1 fully saturated rings. The number of carboxylic acids is 1. The minimum Gasteiger partial charge on any atom is -0.481 e. The number of nitrogens with zero attached hydrogens (tertiary/aromatic N) is 1. The molecule has 5 heteroatoms. The summed E-state index contributed by atoms with van der Waals surface area (Å²) in [6.07, 6.45) is 0.427. The van der Waals surface area contributed by atoms with Crippen molar-refractivity contribution in [1.29, 1.82) is 0 Å².